The van der Waals surface area contributed by atoms with Crippen LogP contribution in [-0.4, -0.2) is 69.5 Å². The first-order valence-corrected chi connectivity index (χ1v) is 13.4. The maximum absolute atomic E-state index is 13.2. The number of carbonyl (C=O) groups is 3. The van der Waals surface area contributed by atoms with Gasteiger partial charge in [-0.1, -0.05) is 69.2 Å². The summed E-state index contributed by atoms with van der Waals surface area (Å²) in [7, 11) is -1.68. The van der Waals surface area contributed by atoms with Crippen molar-refractivity contribution in [3.05, 3.63) is 35.4 Å². The van der Waals surface area contributed by atoms with Gasteiger partial charge in [0.15, 0.2) is 0 Å². The SMILES string of the molecule is O=C1NC(B(O)O)CCCCCCCCCCC(=O)N2C[C@H](OC(=O)N3Cc4ccccc4C3)C[C@@H]12. The molecule has 3 amide bonds. The van der Waals surface area contributed by atoms with Gasteiger partial charge in [0, 0.05) is 25.9 Å². The summed E-state index contributed by atoms with van der Waals surface area (Å²) >= 11 is 0. The lowest BCUT2D eigenvalue weighted by atomic mass is 9.76. The van der Waals surface area contributed by atoms with Crippen LogP contribution in [0, 0.1) is 0 Å². The zero-order valence-electron chi connectivity index (χ0n) is 20.9. The third kappa shape index (κ3) is 6.79. The number of hydrogen-bond acceptors (Lipinski definition) is 6. The van der Waals surface area contributed by atoms with E-state index in [9.17, 15) is 24.4 Å². The van der Waals surface area contributed by atoms with Gasteiger partial charge in [-0.25, -0.2) is 4.79 Å². The van der Waals surface area contributed by atoms with Crippen LogP contribution in [0.3, 0.4) is 0 Å². The molecule has 0 bridgehead atoms. The minimum Gasteiger partial charge on any atom is -0.444 e. The molecule has 1 aromatic rings. The Labute approximate surface area is 213 Å². The molecule has 36 heavy (non-hydrogen) atoms. The summed E-state index contributed by atoms with van der Waals surface area (Å²) in [5.74, 6) is -1.36. The molecule has 2 saturated heterocycles. The van der Waals surface area contributed by atoms with Crippen LogP contribution in [0.1, 0.15) is 81.8 Å². The third-order valence-electron chi connectivity index (χ3n) is 7.60. The number of hydrogen-bond donors (Lipinski definition) is 3. The first kappa shape index (κ1) is 26.5. The minimum absolute atomic E-state index is 0.129. The second-order valence-electron chi connectivity index (χ2n) is 10.3. The zero-order chi connectivity index (χ0) is 25.5. The molecule has 2 fully saturated rings. The fraction of sp³-hybridized carbons (Fsp3) is 0.654. The van der Waals surface area contributed by atoms with E-state index in [1.54, 1.807) is 4.90 Å². The van der Waals surface area contributed by atoms with Crippen LogP contribution in [0.5, 0.6) is 0 Å². The van der Waals surface area contributed by atoms with Crippen LogP contribution in [-0.2, 0) is 27.4 Å². The fourth-order valence-corrected chi connectivity index (χ4v) is 5.51. The highest BCUT2D eigenvalue weighted by Gasteiger charge is 2.43. The molecule has 3 N–H and O–H groups in total. The normalized spacial score (nSPS) is 26.2. The van der Waals surface area contributed by atoms with Crippen LogP contribution in [0.25, 0.3) is 0 Å². The van der Waals surface area contributed by atoms with Gasteiger partial charge in [0.2, 0.25) is 11.8 Å². The summed E-state index contributed by atoms with van der Waals surface area (Å²) in [5.41, 5.74) is 2.18. The summed E-state index contributed by atoms with van der Waals surface area (Å²) in [6, 6.07) is 7.06. The highest BCUT2D eigenvalue weighted by Crippen LogP contribution is 2.27. The number of amides is 3. The largest absolute Gasteiger partial charge is 0.475 e. The quantitative estimate of drug-likeness (QED) is 0.538. The maximum Gasteiger partial charge on any atom is 0.475 e. The Morgan fingerprint density at radius 2 is 1.56 bits per heavy atom. The van der Waals surface area contributed by atoms with Gasteiger partial charge in [0.25, 0.3) is 0 Å². The summed E-state index contributed by atoms with van der Waals surface area (Å²) in [6.45, 7) is 1.12. The van der Waals surface area contributed by atoms with Crippen LogP contribution >= 0.6 is 0 Å². The summed E-state index contributed by atoms with van der Waals surface area (Å²) in [6.07, 6.45) is 7.85. The van der Waals surface area contributed by atoms with Crippen molar-refractivity contribution >= 4 is 25.0 Å². The Morgan fingerprint density at radius 3 is 2.19 bits per heavy atom. The molecule has 3 heterocycles. The van der Waals surface area contributed by atoms with Crippen molar-refractivity contribution in [2.45, 2.75) is 102 Å². The van der Waals surface area contributed by atoms with E-state index in [1.807, 2.05) is 24.3 Å². The molecule has 3 atom stereocenters. The van der Waals surface area contributed by atoms with E-state index in [2.05, 4.69) is 5.32 Å². The third-order valence-corrected chi connectivity index (χ3v) is 7.60. The lowest BCUT2D eigenvalue weighted by Gasteiger charge is -2.26. The van der Waals surface area contributed by atoms with E-state index in [-0.39, 0.29) is 18.9 Å². The van der Waals surface area contributed by atoms with Crippen LogP contribution in [0.15, 0.2) is 24.3 Å². The highest BCUT2D eigenvalue weighted by molar-refractivity contribution is 6.43. The molecular formula is C26H38BN3O6. The number of rotatable bonds is 2. The molecular weight excluding hydrogens is 461 g/mol. The molecule has 9 nitrogen and oxygen atoms in total. The number of nitrogens with zero attached hydrogens (tertiary/aromatic N) is 2. The van der Waals surface area contributed by atoms with E-state index < -0.39 is 37.2 Å². The summed E-state index contributed by atoms with van der Waals surface area (Å²) in [4.78, 5) is 42.3. The predicted octanol–water partition coefficient (Wildman–Crippen LogP) is 2.52. The van der Waals surface area contributed by atoms with Crippen LogP contribution in [0.2, 0.25) is 0 Å². The first-order valence-electron chi connectivity index (χ1n) is 13.4. The van der Waals surface area contributed by atoms with Gasteiger partial charge in [0.05, 0.1) is 12.5 Å². The predicted molar refractivity (Wildman–Crippen MR) is 134 cm³/mol. The topological polar surface area (TPSA) is 119 Å². The second kappa shape index (κ2) is 12.6. The number of nitrogens with one attached hydrogen (secondary N) is 1. The van der Waals surface area contributed by atoms with Crippen molar-refractivity contribution in [2.75, 3.05) is 6.54 Å². The fourth-order valence-electron chi connectivity index (χ4n) is 5.51. The van der Waals surface area contributed by atoms with Crippen molar-refractivity contribution in [3.8, 4) is 0 Å². The lowest BCUT2D eigenvalue weighted by molar-refractivity contribution is -0.138. The monoisotopic (exact) mass is 499 g/mol. The molecule has 10 heteroatoms. The zero-order valence-corrected chi connectivity index (χ0v) is 20.9. The molecule has 1 aromatic carbocycles. The smallest absolute Gasteiger partial charge is 0.444 e. The Hall–Kier alpha value is -2.59. The molecule has 0 saturated carbocycles. The van der Waals surface area contributed by atoms with E-state index in [0.717, 1.165) is 62.5 Å². The molecule has 3 aliphatic rings. The Bertz CT molecular complexity index is 904. The molecule has 0 spiro atoms. The van der Waals surface area contributed by atoms with Crippen LogP contribution < -0.4 is 5.32 Å². The Balaban J connectivity index is 1.42. The van der Waals surface area contributed by atoms with Gasteiger partial charge in [-0.05, 0) is 24.0 Å². The molecule has 0 radical (unpaired) electrons. The first-order chi connectivity index (χ1) is 17.4. The number of ether oxygens (including phenoxy) is 1. The Kier molecular flexibility index (Phi) is 9.26. The molecule has 0 aromatic heterocycles. The number of benzene rings is 1. The van der Waals surface area contributed by atoms with Gasteiger partial charge in [-0.2, -0.15) is 0 Å². The van der Waals surface area contributed by atoms with Crippen molar-refractivity contribution in [1.29, 1.82) is 0 Å². The standard InChI is InChI=1S/C26H38BN3O6/c31-24-14-8-6-4-2-1-3-5-7-13-23(27(34)35)28-25(32)22-15-21(18-30(22)24)36-26(33)29-16-19-11-9-10-12-20(19)17-29/h9-12,21-23,34-35H,1-8,13-18H2,(H,28,32)/t21-,22+,23?/m1/s1. The van der Waals surface area contributed by atoms with E-state index >= 15 is 0 Å². The van der Waals surface area contributed by atoms with Gasteiger partial charge in [-0.15, -0.1) is 0 Å². The van der Waals surface area contributed by atoms with Gasteiger partial charge in [-0.3, -0.25) is 14.5 Å². The lowest BCUT2D eigenvalue weighted by Crippen LogP contribution is -2.53. The Morgan fingerprint density at radius 1 is 0.944 bits per heavy atom. The van der Waals surface area contributed by atoms with Crippen molar-refractivity contribution < 1.29 is 29.2 Å². The number of carbonyl (C=O) groups excluding carboxylic acids is 3. The molecule has 3 aliphatic heterocycles. The molecule has 0 aliphatic carbocycles. The molecule has 4 rings (SSSR count). The van der Waals surface area contributed by atoms with E-state index in [4.69, 9.17) is 4.74 Å². The number of fused-ring (bicyclic) bond motifs is 2. The highest BCUT2D eigenvalue weighted by atomic mass is 16.6. The van der Waals surface area contributed by atoms with Crippen LogP contribution in [0.4, 0.5) is 4.79 Å². The summed E-state index contributed by atoms with van der Waals surface area (Å²) < 4.78 is 5.77. The summed E-state index contributed by atoms with van der Waals surface area (Å²) in [5, 5.41) is 22.4. The van der Waals surface area contributed by atoms with Gasteiger partial charge in [0.1, 0.15) is 12.1 Å². The minimum atomic E-state index is -1.68. The molecule has 196 valence electrons. The average Bonchev–Trinajstić information content (AvgIpc) is 3.48. The van der Waals surface area contributed by atoms with E-state index in [1.165, 1.54) is 4.90 Å². The maximum atomic E-state index is 13.2. The molecule has 1 unspecified atom stereocenters. The average molecular weight is 499 g/mol. The van der Waals surface area contributed by atoms with E-state index in [0.29, 0.717) is 25.9 Å². The van der Waals surface area contributed by atoms with Crippen molar-refractivity contribution in [1.82, 2.24) is 15.1 Å². The van der Waals surface area contributed by atoms with Gasteiger partial charge >= 0.3 is 13.2 Å². The van der Waals surface area contributed by atoms with Crippen molar-refractivity contribution in [2.24, 2.45) is 0 Å². The van der Waals surface area contributed by atoms with Crippen molar-refractivity contribution in [3.63, 3.8) is 0 Å². The second-order valence-corrected chi connectivity index (χ2v) is 10.3. The van der Waals surface area contributed by atoms with Gasteiger partial charge < -0.3 is 25.0 Å².